The molecular formula is C73H107N11O17. The Labute approximate surface area is 592 Å². The predicted molar refractivity (Wildman–Crippen MR) is 378 cm³/mol. The number of amides is 11. The third-order valence-electron chi connectivity index (χ3n) is 18.5. The Kier molecular flexibility index (Phi) is 33.6. The van der Waals surface area contributed by atoms with E-state index in [0.29, 0.717) is 61.2 Å². The number of rotatable bonds is 42. The number of primary amides is 1. The number of ether oxygens (including phenoxy) is 5. The van der Waals surface area contributed by atoms with E-state index in [0.717, 1.165) is 22.1 Å². The van der Waals surface area contributed by atoms with Crippen molar-refractivity contribution in [2.45, 2.75) is 181 Å². The quantitative estimate of drug-likeness (QED) is 0.0153. The zero-order valence-corrected chi connectivity index (χ0v) is 60.9. The second-order valence-electron chi connectivity index (χ2n) is 26.8. The number of anilines is 1. The van der Waals surface area contributed by atoms with Crippen LogP contribution in [0.2, 0.25) is 0 Å². The maximum absolute atomic E-state index is 15.2. The lowest BCUT2D eigenvalue weighted by Gasteiger charge is -2.41. The molecule has 556 valence electrons. The first-order valence-corrected chi connectivity index (χ1v) is 34.9. The van der Waals surface area contributed by atoms with Crippen molar-refractivity contribution in [3.05, 3.63) is 83.9 Å². The van der Waals surface area contributed by atoms with Crippen molar-refractivity contribution in [1.29, 1.82) is 0 Å². The Bertz CT molecular complexity index is 3340. The van der Waals surface area contributed by atoms with Gasteiger partial charge in [0.1, 0.15) is 30.5 Å². The summed E-state index contributed by atoms with van der Waals surface area (Å²) in [7, 11) is 8.04. The molecule has 10 atom stereocenters. The number of fused-ring (bicyclic) bond motifs is 1. The van der Waals surface area contributed by atoms with Gasteiger partial charge in [-0.15, -0.1) is 0 Å². The number of carbonyl (C=O) groups excluding carboxylic acids is 12. The van der Waals surface area contributed by atoms with Gasteiger partial charge in [0.2, 0.25) is 41.4 Å². The molecule has 0 aliphatic carbocycles. The molecule has 2 aliphatic rings. The molecule has 0 aromatic heterocycles. The molecule has 0 unspecified atom stereocenters. The number of Topliss-reactive ketones (excluding diaryl/α,β-unsaturated/α-hetero) is 1. The summed E-state index contributed by atoms with van der Waals surface area (Å²) in [6.45, 7) is 14.5. The number of likely N-dealkylation sites (tertiary alicyclic amines) is 1. The summed E-state index contributed by atoms with van der Waals surface area (Å²) in [6.07, 6.45) is 2.04. The van der Waals surface area contributed by atoms with Crippen LogP contribution >= 0.6 is 0 Å². The largest absolute Gasteiger partial charge is 0.508 e. The Hall–Kier alpha value is -9.02. The number of nitrogens with two attached hydrogens (primary N) is 1. The molecule has 11 amide bonds. The number of carbonyl (C=O) groups is 12. The minimum atomic E-state index is -1.14. The number of hydrogen-bond donors (Lipinski definition) is 7. The Balaban J connectivity index is 1.30. The van der Waals surface area contributed by atoms with E-state index in [-0.39, 0.29) is 113 Å². The number of urea groups is 1. The highest BCUT2D eigenvalue weighted by atomic mass is 16.7. The van der Waals surface area contributed by atoms with Crippen LogP contribution in [0.3, 0.4) is 0 Å². The van der Waals surface area contributed by atoms with E-state index in [9.17, 15) is 52.7 Å². The van der Waals surface area contributed by atoms with Crippen molar-refractivity contribution < 1.29 is 81.2 Å². The third kappa shape index (κ3) is 24.9. The highest BCUT2D eigenvalue weighted by Crippen LogP contribution is 2.32. The van der Waals surface area contributed by atoms with Crippen LogP contribution < -0.4 is 42.4 Å². The molecule has 0 radical (unpaired) electrons. The van der Waals surface area contributed by atoms with Gasteiger partial charge in [-0.2, -0.15) is 0 Å². The lowest BCUT2D eigenvalue weighted by molar-refractivity contribution is -0.147. The Morgan fingerprint density at radius 1 is 0.713 bits per heavy atom. The second-order valence-corrected chi connectivity index (χ2v) is 26.8. The highest BCUT2D eigenvalue weighted by Gasteiger charge is 2.47. The number of likely N-dealkylation sites (N-methyl/N-ethyl adjacent to an activating group) is 1. The molecule has 1 fully saturated rings. The van der Waals surface area contributed by atoms with E-state index in [1.807, 2.05) is 46.8 Å². The van der Waals surface area contributed by atoms with Gasteiger partial charge in [0, 0.05) is 70.1 Å². The third-order valence-corrected chi connectivity index (χ3v) is 18.5. The fourth-order valence-electron chi connectivity index (χ4n) is 12.8. The summed E-state index contributed by atoms with van der Waals surface area (Å²) in [5.74, 6) is -5.31. The van der Waals surface area contributed by atoms with Crippen molar-refractivity contribution >= 4 is 87.6 Å². The normalized spacial score (nSPS) is 16.8. The molecule has 1 saturated heterocycles. The van der Waals surface area contributed by atoms with Gasteiger partial charge < -0.3 is 71.1 Å². The Morgan fingerprint density at radius 2 is 1.39 bits per heavy atom. The molecule has 0 saturated carbocycles. The van der Waals surface area contributed by atoms with Gasteiger partial charge in [0.25, 0.3) is 11.8 Å². The van der Waals surface area contributed by atoms with Gasteiger partial charge in [0.05, 0.1) is 69.4 Å². The predicted octanol–water partition coefficient (Wildman–Crippen LogP) is 5.77. The van der Waals surface area contributed by atoms with Crippen LogP contribution in [0.1, 0.15) is 142 Å². The molecule has 101 heavy (non-hydrogen) atoms. The number of imide groups is 1. The number of benzene rings is 3. The summed E-state index contributed by atoms with van der Waals surface area (Å²) in [6, 6.07) is 12.0. The van der Waals surface area contributed by atoms with E-state index in [2.05, 4.69) is 31.9 Å². The van der Waals surface area contributed by atoms with Crippen LogP contribution in [-0.2, 0) is 68.7 Å². The zero-order valence-electron chi connectivity index (χ0n) is 60.9. The van der Waals surface area contributed by atoms with Gasteiger partial charge >= 0.3 is 12.2 Å². The SMILES string of the molecule is CCCCN(C(=O)CNC(=O)[C@H](C(C)C)N(C)C)[C@@H]([C@@H](C)CC)[C@@H](CC(=O)N1C[C@@H](OC(=O)OCc2ccc(NC(=O)[C@H](CCCNC(N)=O)NC(=O)[C@@H](NC(=O)CCCCCN3C(=O)C=CC3=O)C(C)C)cc2)C[C@H]1[C@H](OC)[C@@H](C)C(=O)NCC(=O)c1ccc2cc(OC)ccc2c1)OC. The van der Waals surface area contributed by atoms with Crippen LogP contribution in [0.15, 0.2) is 72.8 Å². The first-order valence-electron chi connectivity index (χ1n) is 34.9. The molecule has 8 N–H and O–H groups in total. The molecule has 0 bridgehead atoms. The molecule has 28 nitrogen and oxygen atoms in total. The summed E-state index contributed by atoms with van der Waals surface area (Å²) in [5, 5.41) is 18.0. The number of nitrogens with one attached hydrogen (secondary N) is 6. The molecular weight excluding hydrogens is 1300 g/mol. The second kappa shape index (κ2) is 41.0. The maximum Gasteiger partial charge on any atom is 0.508 e. The standard InChI is InChI=1S/C73H107N11O17/c1-14-16-34-83(63(90)41-77-71(94)65(45(5)6)81(9)10)66(46(7)15-2)58(98-12)39-62(89)84-42-54(38-56(84)67(99-13)47(8)68(91)76-40-57(85)51-26-25-50-37-53(97-11)30-27-49(50)36-51)101-73(96)100-43-48-23-28-52(29-24-48)78-69(92)55(21-20-33-75-72(74)95)79-70(93)64(44(3)4)80-59(86)22-18-17-19-35-82-60(87)31-32-61(82)88/h23-32,36-37,44-47,54-56,58,64-67H,14-22,33-35,38-43H2,1-13H3,(H,76,91)(H,77,94)(H,78,92)(H,79,93)(H,80,86)(H3,74,75,95)/t46-,47+,54-,55-,56-,58+,64-,65-,66-,67+/m0/s1. The van der Waals surface area contributed by atoms with E-state index < -0.39 is 102 Å². The van der Waals surface area contributed by atoms with E-state index in [1.54, 1.807) is 100 Å². The van der Waals surface area contributed by atoms with E-state index >= 15 is 4.79 Å². The molecule has 3 aromatic carbocycles. The average molecular weight is 1410 g/mol. The molecule has 0 spiro atoms. The Morgan fingerprint density at radius 3 is 2.00 bits per heavy atom. The molecule has 3 aromatic rings. The fraction of sp³-hybridized carbons (Fsp3) is 0.589. The van der Waals surface area contributed by atoms with Crippen LogP contribution in [0.25, 0.3) is 10.8 Å². The van der Waals surface area contributed by atoms with Crippen molar-refractivity contribution in [3.63, 3.8) is 0 Å². The van der Waals surface area contributed by atoms with Crippen molar-refractivity contribution in [1.82, 2.24) is 46.2 Å². The topological polar surface area (TPSA) is 362 Å². The lowest BCUT2D eigenvalue weighted by atomic mass is 9.89. The van der Waals surface area contributed by atoms with E-state index in [1.165, 1.54) is 31.3 Å². The van der Waals surface area contributed by atoms with Crippen LogP contribution in [0.5, 0.6) is 5.75 Å². The van der Waals surface area contributed by atoms with E-state index in [4.69, 9.17) is 29.4 Å². The first-order chi connectivity index (χ1) is 48.0. The summed E-state index contributed by atoms with van der Waals surface area (Å²) in [4.78, 5) is 167. The van der Waals surface area contributed by atoms with Gasteiger partial charge in [-0.1, -0.05) is 105 Å². The molecule has 5 rings (SSSR count). The van der Waals surface area contributed by atoms with Crippen LogP contribution in [0.4, 0.5) is 15.3 Å². The number of nitrogens with zero attached hydrogens (tertiary/aromatic N) is 4. The lowest BCUT2D eigenvalue weighted by Crippen LogP contribution is -2.56. The molecule has 2 aliphatic heterocycles. The van der Waals surface area contributed by atoms with Crippen LogP contribution in [-0.4, -0.2) is 214 Å². The minimum Gasteiger partial charge on any atom is -0.497 e. The minimum absolute atomic E-state index is 0.00566. The van der Waals surface area contributed by atoms with Gasteiger partial charge in [-0.05, 0) is 111 Å². The fourth-order valence-corrected chi connectivity index (χ4v) is 12.8. The van der Waals surface area contributed by atoms with Gasteiger partial charge in [0.15, 0.2) is 5.78 Å². The smallest absolute Gasteiger partial charge is 0.497 e. The maximum atomic E-state index is 15.2. The zero-order chi connectivity index (χ0) is 74.6. The molecule has 28 heteroatoms. The number of hydrogen-bond acceptors (Lipinski definition) is 18. The van der Waals surface area contributed by atoms with Gasteiger partial charge in [-0.25, -0.2) is 9.59 Å². The highest BCUT2D eigenvalue weighted by molar-refractivity contribution is 6.13. The monoisotopic (exact) mass is 1410 g/mol. The first kappa shape index (κ1) is 82.6. The number of ketones is 1. The summed E-state index contributed by atoms with van der Waals surface area (Å²) in [5.41, 5.74) is 6.43. The average Bonchev–Trinajstić information content (AvgIpc) is 1.74. The van der Waals surface area contributed by atoms with Crippen molar-refractivity contribution in [2.24, 2.45) is 29.4 Å². The molecule has 2 heterocycles. The van der Waals surface area contributed by atoms with Crippen molar-refractivity contribution in [2.75, 3.05) is 80.0 Å². The number of methoxy groups -OCH3 is 3. The van der Waals surface area contributed by atoms with Crippen LogP contribution in [0, 0.1) is 23.7 Å². The van der Waals surface area contributed by atoms with Crippen molar-refractivity contribution in [3.8, 4) is 5.75 Å². The number of unbranched alkanes of at least 4 members (excludes halogenated alkanes) is 3. The summed E-state index contributed by atoms with van der Waals surface area (Å²) < 4.78 is 29.1. The summed E-state index contributed by atoms with van der Waals surface area (Å²) >= 11 is 0. The van der Waals surface area contributed by atoms with Gasteiger partial charge in [-0.3, -0.25) is 57.7 Å².